The van der Waals surface area contributed by atoms with Gasteiger partial charge in [0.15, 0.2) is 9.84 Å². The lowest BCUT2D eigenvalue weighted by atomic mass is 10.0. The van der Waals surface area contributed by atoms with Crippen molar-refractivity contribution in [1.82, 2.24) is 0 Å². The van der Waals surface area contributed by atoms with Gasteiger partial charge >= 0.3 is 0 Å². The molecular formula is C17H21NO2S. The number of nitrogens with two attached hydrogens (primary N) is 1. The SMILES string of the molecule is Cc1ccc(C(N)C(C)S(=O)(=O)Cc2ccccc2)cc1. The van der Waals surface area contributed by atoms with Gasteiger partial charge in [0.25, 0.3) is 0 Å². The highest BCUT2D eigenvalue weighted by molar-refractivity contribution is 7.91. The van der Waals surface area contributed by atoms with Gasteiger partial charge in [0.05, 0.1) is 11.0 Å². The standard InChI is InChI=1S/C17H21NO2S/c1-13-8-10-16(11-9-13)17(18)14(2)21(19,20)12-15-6-4-3-5-7-15/h3-11,14,17H,12,18H2,1-2H3. The highest BCUT2D eigenvalue weighted by Crippen LogP contribution is 2.23. The van der Waals surface area contributed by atoms with E-state index in [1.807, 2.05) is 61.5 Å². The normalized spacial score (nSPS) is 14.6. The second kappa shape index (κ2) is 6.41. The van der Waals surface area contributed by atoms with Crippen LogP contribution in [0.2, 0.25) is 0 Å². The van der Waals surface area contributed by atoms with Gasteiger partial charge in [-0.05, 0) is 25.0 Å². The Hall–Kier alpha value is -1.65. The molecule has 2 aromatic rings. The van der Waals surface area contributed by atoms with E-state index in [1.54, 1.807) is 6.92 Å². The van der Waals surface area contributed by atoms with Crippen LogP contribution in [0.15, 0.2) is 54.6 Å². The van der Waals surface area contributed by atoms with E-state index in [9.17, 15) is 8.42 Å². The van der Waals surface area contributed by atoms with Crippen molar-refractivity contribution in [3.63, 3.8) is 0 Å². The average Bonchev–Trinajstić information content (AvgIpc) is 2.47. The first-order valence-corrected chi connectivity index (χ1v) is 8.69. The van der Waals surface area contributed by atoms with Crippen LogP contribution in [-0.4, -0.2) is 13.7 Å². The second-order valence-electron chi connectivity index (χ2n) is 5.43. The largest absolute Gasteiger partial charge is 0.323 e. The van der Waals surface area contributed by atoms with E-state index in [0.717, 1.165) is 16.7 Å². The van der Waals surface area contributed by atoms with Crippen LogP contribution >= 0.6 is 0 Å². The first kappa shape index (κ1) is 15.7. The van der Waals surface area contributed by atoms with E-state index in [1.165, 1.54) is 0 Å². The van der Waals surface area contributed by atoms with Crippen LogP contribution < -0.4 is 5.73 Å². The van der Waals surface area contributed by atoms with Crippen molar-refractivity contribution in [1.29, 1.82) is 0 Å². The van der Waals surface area contributed by atoms with Gasteiger partial charge in [-0.25, -0.2) is 8.42 Å². The summed E-state index contributed by atoms with van der Waals surface area (Å²) in [5.41, 5.74) is 8.92. The molecule has 0 radical (unpaired) electrons. The Morgan fingerprint density at radius 1 is 1.00 bits per heavy atom. The zero-order valence-electron chi connectivity index (χ0n) is 12.4. The summed E-state index contributed by atoms with van der Waals surface area (Å²) in [6.07, 6.45) is 0. The van der Waals surface area contributed by atoms with Crippen molar-refractivity contribution in [3.8, 4) is 0 Å². The van der Waals surface area contributed by atoms with Crippen molar-refractivity contribution in [3.05, 3.63) is 71.3 Å². The van der Waals surface area contributed by atoms with Crippen LogP contribution in [0.5, 0.6) is 0 Å². The summed E-state index contributed by atoms with van der Waals surface area (Å²) in [4.78, 5) is 0. The number of sulfone groups is 1. The maximum absolute atomic E-state index is 12.5. The van der Waals surface area contributed by atoms with Gasteiger partial charge in [0.2, 0.25) is 0 Å². The van der Waals surface area contributed by atoms with E-state index < -0.39 is 21.1 Å². The third kappa shape index (κ3) is 3.93. The van der Waals surface area contributed by atoms with Gasteiger partial charge in [-0.1, -0.05) is 60.2 Å². The molecular weight excluding hydrogens is 282 g/mol. The van der Waals surface area contributed by atoms with Gasteiger partial charge in [-0.3, -0.25) is 0 Å². The lowest BCUT2D eigenvalue weighted by molar-refractivity contribution is 0.564. The molecule has 2 unspecified atom stereocenters. The zero-order valence-corrected chi connectivity index (χ0v) is 13.2. The molecule has 0 aliphatic heterocycles. The molecule has 3 nitrogen and oxygen atoms in total. The first-order chi connectivity index (χ1) is 9.90. The molecule has 0 saturated carbocycles. The molecule has 112 valence electrons. The molecule has 2 atom stereocenters. The van der Waals surface area contributed by atoms with Gasteiger partial charge in [-0.2, -0.15) is 0 Å². The summed E-state index contributed by atoms with van der Waals surface area (Å²) in [6, 6.07) is 16.4. The molecule has 0 heterocycles. The van der Waals surface area contributed by atoms with E-state index in [4.69, 9.17) is 5.73 Å². The summed E-state index contributed by atoms with van der Waals surface area (Å²) in [5, 5.41) is -0.625. The summed E-state index contributed by atoms with van der Waals surface area (Å²) in [6.45, 7) is 3.67. The molecule has 0 aliphatic rings. The minimum Gasteiger partial charge on any atom is -0.323 e. The number of aryl methyl sites for hydroxylation is 1. The Balaban J connectivity index is 2.17. The van der Waals surface area contributed by atoms with E-state index in [2.05, 4.69) is 0 Å². The molecule has 2 rings (SSSR count). The Labute approximate surface area is 126 Å². The van der Waals surface area contributed by atoms with Crippen molar-refractivity contribution >= 4 is 9.84 Å². The summed E-state index contributed by atoms with van der Waals surface area (Å²) < 4.78 is 25.0. The van der Waals surface area contributed by atoms with Crippen LogP contribution in [-0.2, 0) is 15.6 Å². The molecule has 0 fully saturated rings. The maximum atomic E-state index is 12.5. The molecule has 0 aromatic heterocycles. The molecule has 0 aliphatic carbocycles. The van der Waals surface area contributed by atoms with Gasteiger partial charge in [0.1, 0.15) is 0 Å². The topological polar surface area (TPSA) is 60.2 Å². The average molecular weight is 303 g/mol. The third-order valence-corrected chi connectivity index (χ3v) is 5.91. The van der Waals surface area contributed by atoms with Gasteiger partial charge < -0.3 is 5.73 Å². The maximum Gasteiger partial charge on any atom is 0.158 e. The lowest BCUT2D eigenvalue weighted by Crippen LogP contribution is -2.32. The number of rotatable bonds is 5. The fraction of sp³-hybridized carbons (Fsp3) is 0.294. The summed E-state index contributed by atoms with van der Waals surface area (Å²) in [5.74, 6) is 0.0224. The lowest BCUT2D eigenvalue weighted by Gasteiger charge is -2.21. The minimum atomic E-state index is -3.30. The van der Waals surface area contributed by atoms with Crippen LogP contribution in [0.1, 0.15) is 29.7 Å². The van der Waals surface area contributed by atoms with Crippen molar-refractivity contribution in [2.24, 2.45) is 5.73 Å². The smallest absolute Gasteiger partial charge is 0.158 e. The highest BCUT2D eigenvalue weighted by Gasteiger charge is 2.28. The second-order valence-corrected chi connectivity index (χ2v) is 7.79. The Kier molecular flexibility index (Phi) is 4.80. The minimum absolute atomic E-state index is 0.0224. The van der Waals surface area contributed by atoms with Crippen LogP contribution in [0.3, 0.4) is 0 Å². The predicted octanol–water partition coefficient (Wildman–Crippen LogP) is 3.00. The fourth-order valence-electron chi connectivity index (χ4n) is 2.22. The predicted molar refractivity (Wildman–Crippen MR) is 86.6 cm³/mol. The molecule has 21 heavy (non-hydrogen) atoms. The number of hydrogen-bond donors (Lipinski definition) is 1. The highest BCUT2D eigenvalue weighted by atomic mass is 32.2. The Morgan fingerprint density at radius 2 is 1.57 bits per heavy atom. The summed E-state index contributed by atoms with van der Waals surface area (Å²) in [7, 11) is -3.30. The van der Waals surface area contributed by atoms with E-state index in [0.29, 0.717) is 0 Å². The molecule has 4 heteroatoms. The van der Waals surface area contributed by atoms with Crippen LogP contribution in [0.4, 0.5) is 0 Å². The number of hydrogen-bond acceptors (Lipinski definition) is 3. The van der Waals surface area contributed by atoms with Crippen molar-refractivity contribution in [2.45, 2.75) is 30.9 Å². The molecule has 0 amide bonds. The van der Waals surface area contributed by atoms with Gasteiger partial charge in [-0.15, -0.1) is 0 Å². The zero-order chi connectivity index (χ0) is 15.5. The summed E-state index contributed by atoms with van der Waals surface area (Å²) >= 11 is 0. The molecule has 0 spiro atoms. The Morgan fingerprint density at radius 3 is 2.14 bits per heavy atom. The molecule has 2 N–H and O–H groups in total. The van der Waals surface area contributed by atoms with E-state index in [-0.39, 0.29) is 5.75 Å². The third-order valence-electron chi connectivity index (χ3n) is 3.75. The van der Waals surface area contributed by atoms with E-state index >= 15 is 0 Å². The molecule has 2 aromatic carbocycles. The Bertz CT molecular complexity index is 678. The van der Waals surface area contributed by atoms with Gasteiger partial charge in [0, 0.05) is 6.04 Å². The quantitative estimate of drug-likeness (QED) is 0.923. The molecule has 0 bridgehead atoms. The van der Waals surface area contributed by atoms with Crippen LogP contribution in [0, 0.1) is 6.92 Å². The molecule has 0 saturated heterocycles. The monoisotopic (exact) mass is 303 g/mol. The van der Waals surface area contributed by atoms with Crippen LogP contribution in [0.25, 0.3) is 0 Å². The van der Waals surface area contributed by atoms with Crippen molar-refractivity contribution in [2.75, 3.05) is 0 Å². The first-order valence-electron chi connectivity index (χ1n) is 6.98. The van der Waals surface area contributed by atoms with Crippen molar-refractivity contribution < 1.29 is 8.42 Å². The number of benzene rings is 2. The fourth-order valence-corrected chi connectivity index (χ4v) is 3.74.